The van der Waals surface area contributed by atoms with Crippen LogP contribution in [0.5, 0.6) is 0 Å². The molecule has 0 aromatic carbocycles. The zero-order valence-corrected chi connectivity index (χ0v) is 13.7. The molecular weight excluding hydrogens is 268 g/mol. The van der Waals surface area contributed by atoms with Crippen LogP contribution in [0.1, 0.15) is 46.5 Å². The molecule has 1 N–H and O–H groups in total. The zero-order valence-electron chi connectivity index (χ0n) is 13.7. The molecule has 2 fully saturated rings. The summed E-state index contributed by atoms with van der Waals surface area (Å²) in [4.78, 5) is 14.3. The van der Waals surface area contributed by atoms with E-state index in [-0.39, 0.29) is 6.09 Å². The van der Waals surface area contributed by atoms with Crippen LogP contribution in [0.15, 0.2) is 0 Å². The molecule has 0 atom stereocenters. The van der Waals surface area contributed by atoms with Gasteiger partial charge in [-0.25, -0.2) is 4.79 Å². The van der Waals surface area contributed by atoms with E-state index < -0.39 is 5.60 Å². The summed E-state index contributed by atoms with van der Waals surface area (Å²) >= 11 is 0. The molecule has 0 unspecified atom stereocenters. The lowest BCUT2D eigenvalue weighted by Crippen LogP contribution is -2.46. The standard InChI is InChI=1S/C16H30N2O3/c1-16(2,3)21-15(19)17-12-13-4-8-18(9-5-13)14-6-10-20-11-7-14/h13-14H,4-12H2,1-3H3,(H,17,19). The number of likely N-dealkylation sites (tertiary alicyclic amines) is 1. The van der Waals surface area contributed by atoms with Crippen molar-refractivity contribution in [3.63, 3.8) is 0 Å². The van der Waals surface area contributed by atoms with Crippen molar-refractivity contribution in [2.24, 2.45) is 5.92 Å². The predicted octanol–water partition coefficient (Wildman–Crippen LogP) is 2.40. The first-order valence-electron chi connectivity index (χ1n) is 8.23. The lowest BCUT2D eigenvalue weighted by atomic mass is 9.94. The molecule has 21 heavy (non-hydrogen) atoms. The molecule has 0 aliphatic carbocycles. The Kier molecular flexibility index (Phi) is 5.88. The average Bonchev–Trinajstić information content (AvgIpc) is 2.45. The molecule has 0 saturated carbocycles. The van der Waals surface area contributed by atoms with Gasteiger partial charge < -0.3 is 19.7 Å². The van der Waals surface area contributed by atoms with Crippen LogP contribution in [-0.4, -0.2) is 55.5 Å². The van der Waals surface area contributed by atoms with E-state index in [9.17, 15) is 4.79 Å². The molecule has 1 amide bonds. The van der Waals surface area contributed by atoms with Crippen LogP contribution >= 0.6 is 0 Å². The Labute approximate surface area is 128 Å². The summed E-state index contributed by atoms with van der Waals surface area (Å²) in [6.45, 7) is 10.5. The predicted molar refractivity (Wildman–Crippen MR) is 82.4 cm³/mol. The Hall–Kier alpha value is -0.810. The van der Waals surface area contributed by atoms with Crippen molar-refractivity contribution in [1.29, 1.82) is 0 Å². The van der Waals surface area contributed by atoms with Gasteiger partial charge in [-0.05, 0) is 65.5 Å². The molecule has 0 bridgehead atoms. The molecular formula is C16H30N2O3. The second kappa shape index (κ2) is 7.45. The van der Waals surface area contributed by atoms with Crippen LogP contribution in [-0.2, 0) is 9.47 Å². The maximum atomic E-state index is 11.7. The number of nitrogens with zero attached hydrogens (tertiary/aromatic N) is 1. The topological polar surface area (TPSA) is 50.8 Å². The molecule has 0 spiro atoms. The second-order valence-electron chi connectivity index (χ2n) is 7.21. The number of carbonyl (C=O) groups is 1. The fourth-order valence-corrected chi connectivity index (χ4v) is 3.11. The highest BCUT2D eigenvalue weighted by atomic mass is 16.6. The van der Waals surface area contributed by atoms with Gasteiger partial charge in [0, 0.05) is 25.8 Å². The molecule has 0 aromatic rings. The highest BCUT2D eigenvalue weighted by Gasteiger charge is 2.27. The fraction of sp³-hybridized carbons (Fsp3) is 0.938. The summed E-state index contributed by atoms with van der Waals surface area (Å²) in [6, 6.07) is 0.707. The first-order valence-corrected chi connectivity index (χ1v) is 8.23. The highest BCUT2D eigenvalue weighted by molar-refractivity contribution is 5.67. The summed E-state index contributed by atoms with van der Waals surface area (Å²) in [5.74, 6) is 0.577. The number of nitrogens with one attached hydrogen (secondary N) is 1. The molecule has 5 heteroatoms. The number of amides is 1. The molecule has 122 valence electrons. The molecule has 2 aliphatic heterocycles. The Bertz CT molecular complexity index is 327. The van der Waals surface area contributed by atoms with Crippen LogP contribution < -0.4 is 5.32 Å². The van der Waals surface area contributed by atoms with Crippen LogP contribution in [0, 0.1) is 5.92 Å². The number of carbonyl (C=O) groups excluding carboxylic acids is 1. The smallest absolute Gasteiger partial charge is 0.407 e. The fourth-order valence-electron chi connectivity index (χ4n) is 3.11. The number of rotatable bonds is 3. The lowest BCUT2D eigenvalue weighted by Gasteiger charge is -2.39. The van der Waals surface area contributed by atoms with Crippen molar-refractivity contribution >= 4 is 6.09 Å². The Morgan fingerprint density at radius 1 is 1.19 bits per heavy atom. The van der Waals surface area contributed by atoms with Gasteiger partial charge in [0.2, 0.25) is 0 Å². The maximum Gasteiger partial charge on any atom is 0.407 e. The van der Waals surface area contributed by atoms with Crippen LogP contribution in [0.25, 0.3) is 0 Å². The van der Waals surface area contributed by atoms with Gasteiger partial charge in [-0.1, -0.05) is 0 Å². The largest absolute Gasteiger partial charge is 0.444 e. The first-order chi connectivity index (χ1) is 9.94. The van der Waals surface area contributed by atoms with E-state index in [1.165, 1.54) is 12.8 Å². The highest BCUT2D eigenvalue weighted by Crippen LogP contribution is 2.22. The molecule has 2 saturated heterocycles. The summed E-state index contributed by atoms with van der Waals surface area (Å²) in [5, 5.41) is 2.90. The van der Waals surface area contributed by atoms with Gasteiger partial charge in [-0.3, -0.25) is 0 Å². The van der Waals surface area contributed by atoms with E-state index >= 15 is 0 Å². The van der Waals surface area contributed by atoms with Gasteiger partial charge in [-0.15, -0.1) is 0 Å². The van der Waals surface area contributed by atoms with E-state index in [4.69, 9.17) is 9.47 Å². The van der Waals surface area contributed by atoms with Crippen molar-refractivity contribution in [3.05, 3.63) is 0 Å². The van der Waals surface area contributed by atoms with Crippen LogP contribution in [0.2, 0.25) is 0 Å². The third-order valence-electron chi connectivity index (χ3n) is 4.29. The maximum absolute atomic E-state index is 11.7. The van der Waals surface area contributed by atoms with Crippen molar-refractivity contribution in [2.45, 2.75) is 58.1 Å². The third-order valence-corrected chi connectivity index (χ3v) is 4.29. The monoisotopic (exact) mass is 298 g/mol. The van der Waals surface area contributed by atoms with Gasteiger partial charge in [0.1, 0.15) is 5.60 Å². The minimum Gasteiger partial charge on any atom is -0.444 e. The number of ether oxygens (including phenoxy) is 2. The van der Waals surface area contributed by atoms with E-state index in [0.717, 1.165) is 45.7 Å². The average molecular weight is 298 g/mol. The molecule has 0 radical (unpaired) electrons. The second-order valence-corrected chi connectivity index (χ2v) is 7.21. The summed E-state index contributed by atoms with van der Waals surface area (Å²) in [7, 11) is 0. The summed E-state index contributed by atoms with van der Waals surface area (Å²) in [6.07, 6.45) is 4.36. The van der Waals surface area contributed by atoms with Gasteiger partial charge in [-0.2, -0.15) is 0 Å². The lowest BCUT2D eigenvalue weighted by molar-refractivity contribution is 0.0201. The molecule has 5 nitrogen and oxygen atoms in total. The molecule has 2 heterocycles. The minimum atomic E-state index is -0.420. The first kappa shape index (κ1) is 16.6. The SMILES string of the molecule is CC(C)(C)OC(=O)NCC1CCN(C2CCOCC2)CC1. The summed E-state index contributed by atoms with van der Waals surface area (Å²) < 4.78 is 10.7. The van der Waals surface area contributed by atoms with Gasteiger partial charge in [0.25, 0.3) is 0 Å². The van der Waals surface area contributed by atoms with Crippen molar-refractivity contribution in [2.75, 3.05) is 32.8 Å². The Morgan fingerprint density at radius 2 is 1.81 bits per heavy atom. The normalized spacial score (nSPS) is 23.0. The van der Waals surface area contributed by atoms with E-state index in [0.29, 0.717) is 12.0 Å². The van der Waals surface area contributed by atoms with E-state index in [1.807, 2.05) is 20.8 Å². The molecule has 0 aromatic heterocycles. The van der Waals surface area contributed by atoms with Gasteiger partial charge >= 0.3 is 6.09 Å². The van der Waals surface area contributed by atoms with E-state index in [2.05, 4.69) is 10.2 Å². The quantitative estimate of drug-likeness (QED) is 0.869. The number of hydrogen-bond acceptors (Lipinski definition) is 4. The number of piperidine rings is 1. The van der Waals surface area contributed by atoms with Gasteiger partial charge in [0.15, 0.2) is 0 Å². The molecule has 2 rings (SSSR count). The van der Waals surface area contributed by atoms with E-state index in [1.54, 1.807) is 0 Å². The Balaban J connectivity index is 1.63. The Morgan fingerprint density at radius 3 is 2.38 bits per heavy atom. The van der Waals surface area contributed by atoms with Crippen LogP contribution in [0.4, 0.5) is 4.79 Å². The van der Waals surface area contributed by atoms with Crippen molar-refractivity contribution in [1.82, 2.24) is 10.2 Å². The van der Waals surface area contributed by atoms with Crippen LogP contribution in [0.3, 0.4) is 0 Å². The van der Waals surface area contributed by atoms with Crippen molar-refractivity contribution < 1.29 is 14.3 Å². The van der Waals surface area contributed by atoms with Gasteiger partial charge in [0.05, 0.1) is 0 Å². The zero-order chi connectivity index (χ0) is 15.3. The minimum absolute atomic E-state index is 0.297. The third kappa shape index (κ3) is 5.83. The van der Waals surface area contributed by atoms with Crippen molar-refractivity contribution in [3.8, 4) is 0 Å². The molecule has 2 aliphatic rings. The summed E-state index contributed by atoms with van der Waals surface area (Å²) in [5.41, 5.74) is -0.420. The number of alkyl carbamates (subject to hydrolysis) is 1. The number of hydrogen-bond donors (Lipinski definition) is 1.